The predicted octanol–water partition coefficient (Wildman–Crippen LogP) is 6.48. The maximum Gasteiger partial charge on any atom is 0.166 e. The number of ketones is 1. The normalized spacial score (nSPS) is 42.4. The molecule has 5 unspecified atom stereocenters. The lowest BCUT2D eigenvalue weighted by atomic mass is 9.48. The van der Waals surface area contributed by atoms with Crippen molar-refractivity contribution >= 4 is 5.78 Å². The van der Waals surface area contributed by atoms with Gasteiger partial charge in [-0.2, -0.15) is 0 Å². The highest BCUT2D eigenvalue weighted by Gasteiger charge is 2.59. The van der Waals surface area contributed by atoms with E-state index < -0.39 is 0 Å². The van der Waals surface area contributed by atoms with Crippen molar-refractivity contribution in [1.29, 1.82) is 0 Å². The van der Waals surface area contributed by atoms with Crippen LogP contribution in [0.15, 0.2) is 35.2 Å². The van der Waals surface area contributed by atoms with E-state index in [0.717, 1.165) is 37.4 Å². The van der Waals surface area contributed by atoms with Crippen LogP contribution >= 0.6 is 0 Å². The Balaban J connectivity index is 1.26. The first kappa shape index (κ1) is 22.0. The molecule has 0 aromatic carbocycles. The van der Waals surface area contributed by atoms with Crippen LogP contribution in [0.5, 0.6) is 0 Å². The highest BCUT2D eigenvalue weighted by atomic mass is 16.1. The van der Waals surface area contributed by atoms with Gasteiger partial charge >= 0.3 is 0 Å². The molecule has 6 rings (SSSR count). The smallest absolute Gasteiger partial charge is 0.166 e. The number of rotatable bonds is 2. The molecule has 2 saturated carbocycles. The minimum Gasteiger partial charge on any atom is -0.377 e. The Labute approximate surface area is 201 Å². The van der Waals surface area contributed by atoms with Crippen molar-refractivity contribution in [2.24, 2.45) is 28.6 Å². The van der Waals surface area contributed by atoms with Crippen LogP contribution in [0, 0.1) is 28.6 Å². The van der Waals surface area contributed by atoms with Crippen LogP contribution in [-0.4, -0.2) is 41.8 Å². The molecule has 3 nitrogen and oxygen atoms in total. The molecule has 0 amide bonds. The third-order valence-electron chi connectivity index (χ3n) is 10.9. The zero-order valence-electron chi connectivity index (χ0n) is 21.1. The standard InChI is InChI=1S/C30H44N2O/c1-29-13-11-24(32-17-7-4-8-18-32)20-23(29)9-10-25-26(29)12-14-30(2)27(25)19-22(28(30)33)21-31-15-5-3-6-16-31/h9,20-21,25-27H,3-8,10-19H2,1-2H3/b22-21-. The molecule has 0 radical (unpaired) electrons. The van der Waals surface area contributed by atoms with E-state index in [9.17, 15) is 4.79 Å². The van der Waals surface area contributed by atoms with Crippen molar-refractivity contribution in [1.82, 2.24) is 9.80 Å². The van der Waals surface area contributed by atoms with Gasteiger partial charge in [-0.3, -0.25) is 4.79 Å². The summed E-state index contributed by atoms with van der Waals surface area (Å²) in [4.78, 5) is 18.8. The van der Waals surface area contributed by atoms with Crippen molar-refractivity contribution in [3.63, 3.8) is 0 Å². The minimum absolute atomic E-state index is 0.117. The van der Waals surface area contributed by atoms with E-state index >= 15 is 0 Å². The van der Waals surface area contributed by atoms with E-state index in [1.165, 1.54) is 77.3 Å². The first-order valence-corrected chi connectivity index (χ1v) is 14.1. The second-order valence-electron chi connectivity index (χ2n) is 12.6. The number of carbonyl (C=O) groups is 1. The molecule has 180 valence electrons. The highest BCUT2D eigenvalue weighted by molar-refractivity contribution is 6.02. The number of hydrogen-bond donors (Lipinski definition) is 0. The molecule has 5 atom stereocenters. The first-order valence-electron chi connectivity index (χ1n) is 14.1. The Hall–Kier alpha value is -1.51. The van der Waals surface area contributed by atoms with E-state index in [1.54, 1.807) is 11.3 Å². The van der Waals surface area contributed by atoms with Crippen molar-refractivity contribution in [3.05, 3.63) is 35.2 Å². The van der Waals surface area contributed by atoms with Crippen LogP contribution in [0.1, 0.15) is 90.9 Å². The number of likely N-dealkylation sites (tertiary alicyclic amines) is 2. The summed E-state index contributed by atoms with van der Waals surface area (Å²) in [6.45, 7) is 9.69. The fraction of sp³-hybridized carbons (Fsp3) is 0.767. The first-order chi connectivity index (χ1) is 16.0. The van der Waals surface area contributed by atoms with Crippen LogP contribution in [-0.2, 0) is 4.79 Å². The molecular weight excluding hydrogens is 404 g/mol. The van der Waals surface area contributed by atoms with Crippen LogP contribution in [0.4, 0.5) is 0 Å². The summed E-state index contributed by atoms with van der Waals surface area (Å²) in [5, 5.41) is 0. The van der Waals surface area contributed by atoms with E-state index in [1.807, 2.05) is 0 Å². The van der Waals surface area contributed by atoms with E-state index in [-0.39, 0.29) is 5.41 Å². The number of allylic oxidation sites excluding steroid dienone is 5. The van der Waals surface area contributed by atoms with Gasteiger partial charge in [-0.15, -0.1) is 0 Å². The lowest BCUT2D eigenvalue weighted by Crippen LogP contribution is -2.49. The minimum atomic E-state index is -0.117. The fourth-order valence-corrected chi connectivity index (χ4v) is 8.80. The summed E-state index contributed by atoms with van der Waals surface area (Å²) in [7, 11) is 0. The number of carbonyl (C=O) groups excluding carboxylic acids is 1. The van der Waals surface area contributed by atoms with Crippen molar-refractivity contribution in [2.75, 3.05) is 26.2 Å². The topological polar surface area (TPSA) is 23.6 Å². The van der Waals surface area contributed by atoms with Gasteiger partial charge in [-0.05, 0) is 112 Å². The van der Waals surface area contributed by atoms with Crippen molar-refractivity contribution in [2.45, 2.75) is 90.9 Å². The zero-order valence-corrected chi connectivity index (χ0v) is 21.1. The summed E-state index contributed by atoms with van der Waals surface area (Å²) in [5.41, 5.74) is 4.59. The summed E-state index contributed by atoms with van der Waals surface area (Å²) in [6.07, 6.45) is 22.6. The van der Waals surface area contributed by atoms with Gasteiger partial charge in [-0.1, -0.05) is 19.9 Å². The predicted molar refractivity (Wildman–Crippen MR) is 134 cm³/mol. The lowest BCUT2D eigenvalue weighted by molar-refractivity contribution is -0.129. The van der Waals surface area contributed by atoms with Crippen LogP contribution in [0.3, 0.4) is 0 Å². The molecular formula is C30H44N2O. The van der Waals surface area contributed by atoms with Gasteiger partial charge in [0.15, 0.2) is 5.78 Å². The van der Waals surface area contributed by atoms with Crippen LogP contribution < -0.4 is 0 Å². The maximum atomic E-state index is 13.7. The molecule has 2 heterocycles. The van der Waals surface area contributed by atoms with Gasteiger partial charge in [0.2, 0.25) is 0 Å². The highest BCUT2D eigenvalue weighted by Crippen LogP contribution is 2.64. The lowest BCUT2D eigenvalue weighted by Gasteiger charge is -2.56. The Morgan fingerprint density at radius 1 is 0.909 bits per heavy atom. The third kappa shape index (κ3) is 3.55. The second-order valence-corrected chi connectivity index (χ2v) is 12.6. The van der Waals surface area contributed by atoms with Gasteiger partial charge in [0, 0.05) is 49.1 Å². The Bertz CT molecular complexity index is 887. The van der Waals surface area contributed by atoms with Gasteiger partial charge in [0.1, 0.15) is 0 Å². The molecule has 3 heteroatoms. The Morgan fingerprint density at radius 3 is 2.39 bits per heavy atom. The zero-order chi connectivity index (χ0) is 22.6. The molecule has 0 spiro atoms. The molecule has 4 aliphatic carbocycles. The number of hydrogen-bond acceptors (Lipinski definition) is 3. The van der Waals surface area contributed by atoms with Gasteiger partial charge in [0.05, 0.1) is 0 Å². The third-order valence-corrected chi connectivity index (χ3v) is 10.9. The van der Waals surface area contributed by atoms with Crippen LogP contribution in [0.2, 0.25) is 0 Å². The van der Waals surface area contributed by atoms with E-state index in [0.29, 0.717) is 23.0 Å². The molecule has 33 heavy (non-hydrogen) atoms. The van der Waals surface area contributed by atoms with E-state index in [2.05, 4.69) is 42.0 Å². The largest absolute Gasteiger partial charge is 0.377 e. The Morgan fingerprint density at radius 2 is 1.64 bits per heavy atom. The number of fused-ring (bicyclic) bond motifs is 5. The number of nitrogens with zero attached hydrogens (tertiary/aromatic N) is 2. The average Bonchev–Trinajstić information content (AvgIpc) is 3.10. The summed E-state index contributed by atoms with van der Waals surface area (Å²) >= 11 is 0. The second kappa shape index (κ2) is 8.31. The fourth-order valence-electron chi connectivity index (χ4n) is 8.80. The Kier molecular flexibility index (Phi) is 5.54. The molecule has 6 aliphatic rings. The van der Waals surface area contributed by atoms with Gasteiger partial charge in [0.25, 0.3) is 0 Å². The number of Topliss-reactive ketones (excluding diaryl/α,β-unsaturated/α-hetero) is 1. The summed E-state index contributed by atoms with van der Waals surface area (Å²) < 4.78 is 0. The molecule has 0 aromatic heterocycles. The summed E-state index contributed by atoms with van der Waals surface area (Å²) in [5.74, 6) is 2.46. The van der Waals surface area contributed by atoms with Crippen molar-refractivity contribution in [3.8, 4) is 0 Å². The molecule has 4 fully saturated rings. The van der Waals surface area contributed by atoms with Crippen LogP contribution in [0.25, 0.3) is 0 Å². The maximum absolute atomic E-state index is 13.7. The summed E-state index contributed by atoms with van der Waals surface area (Å²) in [6, 6.07) is 0. The molecule has 2 aliphatic heterocycles. The van der Waals surface area contributed by atoms with Gasteiger partial charge < -0.3 is 9.80 Å². The van der Waals surface area contributed by atoms with Crippen molar-refractivity contribution < 1.29 is 4.79 Å². The SMILES string of the molecule is CC12CCC3C(CC=C4C=C(N5CCCCC5)CCC43C)C1C/C(=C/N1CCCCC1)C2=O. The average molecular weight is 449 g/mol. The molecule has 0 N–H and O–H groups in total. The van der Waals surface area contributed by atoms with E-state index in [4.69, 9.17) is 0 Å². The van der Waals surface area contributed by atoms with Gasteiger partial charge in [-0.25, -0.2) is 0 Å². The monoisotopic (exact) mass is 448 g/mol. The molecule has 0 aromatic rings. The molecule has 2 saturated heterocycles. The quantitative estimate of drug-likeness (QED) is 0.452. The molecule has 0 bridgehead atoms. The number of piperidine rings is 2.